The van der Waals surface area contributed by atoms with Gasteiger partial charge >= 0.3 is 6.18 Å². The van der Waals surface area contributed by atoms with Crippen LogP contribution in [0.2, 0.25) is 5.02 Å². The Bertz CT molecular complexity index is 613. The quantitative estimate of drug-likeness (QED) is 0.886. The van der Waals surface area contributed by atoms with Crippen LogP contribution in [0.25, 0.3) is 0 Å². The lowest BCUT2D eigenvalue weighted by Crippen LogP contribution is -2.42. The number of piperidine rings is 1. The van der Waals surface area contributed by atoms with Gasteiger partial charge in [-0.1, -0.05) is 11.6 Å². The Kier molecular flexibility index (Phi) is 4.82. The lowest BCUT2D eigenvalue weighted by Gasteiger charge is -2.23. The van der Waals surface area contributed by atoms with Crippen molar-refractivity contribution in [2.75, 3.05) is 13.1 Å². The molecule has 1 fully saturated rings. The number of rotatable bonds is 3. The summed E-state index contributed by atoms with van der Waals surface area (Å²) < 4.78 is 64.5. The van der Waals surface area contributed by atoms with Crippen LogP contribution >= 0.6 is 11.6 Å². The third kappa shape index (κ3) is 4.09. The van der Waals surface area contributed by atoms with Crippen molar-refractivity contribution in [1.29, 1.82) is 0 Å². The third-order valence-corrected chi connectivity index (χ3v) is 5.21. The van der Waals surface area contributed by atoms with E-state index in [1.165, 1.54) is 0 Å². The highest BCUT2D eigenvalue weighted by molar-refractivity contribution is 7.89. The average Bonchev–Trinajstić information content (AvgIpc) is 2.37. The standard InChI is InChI=1S/C12H14ClF3N2O2S/c13-10-7-8(12(14,15)16)1-2-11(10)21(19,20)18-9-3-5-17-6-4-9/h1-2,7,9,17-18H,3-6H2. The zero-order chi connectivity index (χ0) is 15.7. The molecule has 0 amide bonds. The Morgan fingerprint density at radius 2 is 1.86 bits per heavy atom. The van der Waals surface area contributed by atoms with Crippen LogP contribution in [0, 0.1) is 0 Å². The molecule has 0 bridgehead atoms. The minimum Gasteiger partial charge on any atom is -0.317 e. The zero-order valence-corrected chi connectivity index (χ0v) is 12.4. The van der Waals surface area contributed by atoms with Crippen molar-refractivity contribution in [3.8, 4) is 0 Å². The highest BCUT2D eigenvalue weighted by Crippen LogP contribution is 2.33. The largest absolute Gasteiger partial charge is 0.416 e. The molecule has 0 aliphatic carbocycles. The molecule has 1 aromatic rings. The summed E-state index contributed by atoms with van der Waals surface area (Å²) in [7, 11) is -3.93. The van der Waals surface area contributed by atoms with Crippen LogP contribution in [0.3, 0.4) is 0 Å². The van der Waals surface area contributed by atoms with E-state index in [2.05, 4.69) is 10.0 Å². The van der Waals surface area contributed by atoms with E-state index in [1.54, 1.807) is 0 Å². The average molecular weight is 343 g/mol. The van der Waals surface area contributed by atoms with E-state index in [4.69, 9.17) is 11.6 Å². The van der Waals surface area contributed by atoms with Crippen LogP contribution in [0.1, 0.15) is 18.4 Å². The summed E-state index contributed by atoms with van der Waals surface area (Å²) in [6.45, 7) is 1.38. The summed E-state index contributed by atoms with van der Waals surface area (Å²) in [6.07, 6.45) is -3.32. The maximum Gasteiger partial charge on any atom is 0.416 e. The first-order valence-corrected chi connectivity index (χ1v) is 8.16. The Morgan fingerprint density at radius 3 is 2.38 bits per heavy atom. The molecule has 1 saturated heterocycles. The molecule has 1 aliphatic heterocycles. The SMILES string of the molecule is O=S(=O)(NC1CCNCC1)c1ccc(C(F)(F)F)cc1Cl. The molecule has 118 valence electrons. The fourth-order valence-corrected chi connectivity index (χ4v) is 3.97. The number of benzene rings is 1. The van der Waals surface area contributed by atoms with Gasteiger partial charge in [-0.25, -0.2) is 13.1 Å². The normalized spacial score (nSPS) is 17.9. The van der Waals surface area contributed by atoms with Crippen LogP contribution in [-0.2, 0) is 16.2 Å². The fraction of sp³-hybridized carbons (Fsp3) is 0.500. The first kappa shape index (κ1) is 16.5. The summed E-state index contributed by atoms with van der Waals surface area (Å²) in [5, 5.41) is 2.65. The van der Waals surface area contributed by atoms with E-state index >= 15 is 0 Å². The highest BCUT2D eigenvalue weighted by Gasteiger charge is 2.32. The van der Waals surface area contributed by atoms with E-state index < -0.39 is 26.8 Å². The molecule has 4 nitrogen and oxygen atoms in total. The lowest BCUT2D eigenvalue weighted by atomic mass is 10.1. The van der Waals surface area contributed by atoms with Gasteiger partial charge in [-0.3, -0.25) is 0 Å². The van der Waals surface area contributed by atoms with Crippen molar-refractivity contribution < 1.29 is 21.6 Å². The maximum absolute atomic E-state index is 12.5. The van der Waals surface area contributed by atoms with Crippen molar-refractivity contribution in [2.45, 2.75) is 30.0 Å². The lowest BCUT2D eigenvalue weighted by molar-refractivity contribution is -0.137. The molecule has 0 aromatic heterocycles. The van der Waals surface area contributed by atoms with Gasteiger partial charge in [0.1, 0.15) is 4.90 Å². The van der Waals surface area contributed by atoms with E-state index in [0.29, 0.717) is 38.1 Å². The topological polar surface area (TPSA) is 58.2 Å². The molecule has 0 unspecified atom stereocenters. The highest BCUT2D eigenvalue weighted by atomic mass is 35.5. The summed E-state index contributed by atoms with van der Waals surface area (Å²) >= 11 is 5.71. The number of alkyl halides is 3. The smallest absolute Gasteiger partial charge is 0.317 e. The van der Waals surface area contributed by atoms with Gasteiger partial charge in [0.05, 0.1) is 10.6 Å². The Hall–Kier alpha value is -0.830. The second kappa shape index (κ2) is 6.12. The Morgan fingerprint density at radius 1 is 1.24 bits per heavy atom. The molecule has 9 heteroatoms. The molecule has 1 heterocycles. The molecular formula is C12H14ClF3N2O2S. The van der Waals surface area contributed by atoms with Crippen molar-refractivity contribution >= 4 is 21.6 Å². The first-order valence-electron chi connectivity index (χ1n) is 6.30. The number of hydrogen-bond donors (Lipinski definition) is 2. The number of nitrogens with one attached hydrogen (secondary N) is 2. The molecule has 1 aliphatic rings. The molecule has 0 spiro atoms. The molecule has 2 N–H and O–H groups in total. The van der Waals surface area contributed by atoms with Gasteiger partial charge in [0.2, 0.25) is 10.0 Å². The van der Waals surface area contributed by atoms with Gasteiger partial charge < -0.3 is 5.32 Å². The second-order valence-electron chi connectivity index (χ2n) is 4.79. The molecule has 1 aromatic carbocycles. The van der Waals surface area contributed by atoms with E-state index in [-0.39, 0.29) is 10.9 Å². The maximum atomic E-state index is 12.5. The van der Waals surface area contributed by atoms with Gasteiger partial charge in [-0.15, -0.1) is 0 Å². The second-order valence-corrected chi connectivity index (χ2v) is 6.88. The molecule has 0 atom stereocenters. The minimum absolute atomic E-state index is 0.241. The summed E-state index contributed by atoms with van der Waals surface area (Å²) in [4.78, 5) is -0.337. The zero-order valence-electron chi connectivity index (χ0n) is 10.9. The summed E-state index contributed by atoms with van der Waals surface area (Å²) in [6, 6.07) is 1.98. The van der Waals surface area contributed by atoms with Gasteiger partial charge in [-0.05, 0) is 44.1 Å². The monoisotopic (exact) mass is 342 g/mol. The van der Waals surface area contributed by atoms with Crippen LogP contribution in [-0.4, -0.2) is 27.5 Å². The van der Waals surface area contributed by atoms with E-state index in [0.717, 1.165) is 6.07 Å². The molecule has 21 heavy (non-hydrogen) atoms. The first-order chi connectivity index (χ1) is 9.70. The molecular weight excluding hydrogens is 329 g/mol. The van der Waals surface area contributed by atoms with E-state index in [9.17, 15) is 21.6 Å². The third-order valence-electron chi connectivity index (χ3n) is 3.21. The Balaban J connectivity index is 2.23. The predicted molar refractivity (Wildman–Crippen MR) is 72.7 cm³/mol. The molecule has 2 rings (SSSR count). The molecule has 0 saturated carbocycles. The number of sulfonamides is 1. The summed E-state index contributed by atoms with van der Waals surface area (Å²) in [5.74, 6) is 0. The van der Waals surface area contributed by atoms with Crippen LogP contribution < -0.4 is 10.0 Å². The number of halogens is 4. The van der Waals surface area contributed by atoms with Crippen molar-refractivity contribution in [3.05, 3.63) is 28.8 Å². The predicted octanol–water partition coefficient (Wildman–Crippen LogP) is 2.39. The van der Waals surface area contributed by atoms with Crippen molar-refractivity contribution in [3.63, 3.8) is 0 Å². The van der Waals surface area contributed by atoms with Crippen molar-refractivity contribution in [1.82, 2.24) is 10.0 Å². The van der Waals surface area contributed by atoms with Gasteiger partial charge in [0.25, 0.3) is 0 Å². The van der Waals surface area contributed by atoms with Crippen LogP contribution in [0.4, 0.5) is 13.2 Å². The van der Waals surface area contributed by atoms with Crippen LogP contribution in [0.15, 0.2) is 23.1 Å². The van der Waals surface area contributed by atoms with Crippen molar-refractivity contribution in [2.24, 2.45) is 0 Å². The fourth-order valence-electron chi connectivity index (χ4n) is 2.12. The number of hydrogen-bond acceptors (Lipinski definition) is 3. The molecule has 0 radical (unpaired) electrons. The van der Waals surface area contributed by atoms with Gasteiger partial charge in [0.15, 0.2) is 0 Å². The van der Waals surface area contributed by atoms with Crippen LogP contribution in [0.5, 0.6) is 0 Å². The minimum atomic E-state index is -4.56. The van der Waals surface area contributed by atoms with E-state index in [1.807, 2.05) is 0 Å². The summed E-state index contributed by atoms with van der Waals surface area (Å²) in [5.41, 5.74) is -0.978. The van der Waals surface area contributed by atoms with Gasteiger partial charge in [-0.2, -0.15) is 13.2 Å². The Labute approximate surface area is 125 Å². The van der Waals surface area contributed by atoms with Gasteiger partial charge in [0, 0.05) is 6.04 Å².